The Hall–Kier alpha value is -2.86. The molecule has 1 aliphatic heterocycles. The molecule has 1 aliphatic rings. The second-order valence-corrected chi connectivity index (χ2v) is 7.98. The minimum atomic E-state index is -1.07. The summed E-state index contributed by atoms with van der Waals surface area (Å²) in [5, 5.41) is 9.82. The number of carbonyl (C=O) groups is 2. The number of hydrogen-bond donors (Lipinski definition) is 1. The number of fused-ring (bicyclic) bond motifs is 1. The van der Waals surface area contributed by atoms with E-state index in [-0.39, 0.29) is 5.56 Å². The predicted octanol–water partition coefficient (Wildman–Crippen LogP) is 4.41. The van der Waals surface area contributed by atoms with Crippen molar-refractivity contribution in [2.75, 3.05) is 13.7 Å². The van der Waals surface area contributed by atoms with E-state index in [1.54, 1.807) is 12.1 Å². The Balaban J connectivity index is 2.22. The lowest BCUT2D eigenvalue weighted by atomic mass is 9.89. The van der Waals surface area contributed by atoms with Gasteiger partial charge in [-0.15, -0.1) is 0 Å². The molecule has 6 heteroatoms. The quantitative estimate of drug-likeness (QED) is 0.752. The van der Waals surface area contributed by atoms with Crippen LogP contribution in [0.15, 0.2) is 36.4 Å². The highest BCUT2D eigenvalue weighted by Crippen LogP contribution is 2.38. The topological polar surface area (TPSA) is 82.1 Å². The molecule has 0 aliphatic carbocycles. The fourth-order valence-corrected chi connectivity index (χ4v) is 3.50. The number of ether oxygens (including phenoxy) is 3. The number of carboxylic acid groups (broad SMARTS) is 1. The number of carbonyl (C=O) groups excluding carboxylic acids is 1. The second-order valence-electron chi connectivity index (χ2n) is 7.98. The monoisotopic (exact) mass is 398 g/mol. The maximum absolute atomic E-state index is 12.6. The van der Waals surface area contributed by atoms with Gasteiger partial charge in [-0.3, -0.25) is 0 Å². The van der Waals surface area contributed by atoms with E-state index in [1.165, 1.54) is 13.2 Å². The molecular formula is C23H26O6. The van der Waals surface area contributed by atoms with Gasteiger partial charge in [0.2, 0.25) is 0 Å². The molecule has 0 saturated heterocycles. The minimum Gasteiger partial charge on any atom is -0.493 e. The molecular weight excluding hydrogens is 372 g/mol. The number of carboxylic acids is 1. The number of methoxy groups -OCH3 is 1. The van der Waals surface area contributed by atoms with Gasteiger partial charge >= 0.3 is 11.9 Å². The van der Waals surface area contributed by atoms with E-state index in [4.69, 9.17) is 14.2 Å². The Morgan fingerprint density at radius 2 is 1.93 bits per heavy atom. The van der Waals surface area contributed by atoms with E-state index < -0.39 is 23.6 Å². The third-order valence-electron chi connectivity index (χ3n) is 4.69. The molecule has 1 N–H and O–H groups in total. The van der Waals surface area contributed by atoms with Gasteiger partial charge in [-0.2, -0.15) is 0 Å². The maximum Gasteiger partial charge on any atom is 0.339 e. The summed E-state index contributed by atoms with van der Waals surface area (Å²) >= 11 is 0. The number of aryl methyl sites for hydroxylation is 1. The summed E-state index contributed by atoms with van der Waals surface area (Å²) in [4.78, 5) is 24.6. The molecule has 0 radical (unpaired) electrons. The van der Waals surface area contributed by atoms with Gasteiger partial charge in [0.25, 0.3) is 0 Å². The van der Waals surface area contributed by atoms with Crippen LogP contribution in [0.2, 0.25) is 0 Å². The van der Waals surface area contributed by atoms with Gasteiger partial charge in [0, 0.05) is 11.1 Å². The Bertz CT molecular complexity index is 925. The summed E-state index contributed by atoms with van der Waals surface area (Å²) in [6.07, 6.45) is 0.704. The molecule has 6 nitrogen and oxygen atoms in total. The summed E-state index contributed by atoms with van der Waals surface area (Å²) in [5.74, 6) is -0.843. The second kappa shape index (κ2) is 8.25. The van der Waals surface area contributed by atoms with Crippen LogP contribution in [-0.4, -0.2) is 36.4 Å². The SMILES string of the molecule is COC(=O)C(OC(C)(C)C)c1cccc(C(=O)O)c1-c1ccc2c(c1)CCCO2. The number of hydrogen-bond acceptors (Lipinski definition) is 5. The molecule has 0 saturated carbocycles. The molecule has 1 heterocycles. The van der Waals surface area contributed by atoms with Gasteiger partial charge in [-0.25, -0.2) is 9.59 Å². The molecule has 1 atom stereocenters. The molecule has 1 unspecified atom stereocenters. The van der Waals surface area contributed by atoms with Crippen molar-refractivity contribution in [3.05, 3.63) is 53.1 Å². The van der Waals surface area contributed by atoms with E-state index >= 15 is 0 Å². The smallest absolute Gasteiger partial charge is 0.339 e. The van der Waals surface area contributed by atoms with Crippen LogP contribution >= 0.6 is 0 Å². The van der Waals surface area contributed by atoms with E-state index in [1.807, 2.05) is 39.0 Å². The standard InChI is InChI=1S/C23H26O6/c1-23(2,3)29-20(22(26)27-4)16-8-5-9-17(21(24)25)19(16)15-10-11-18-14(13-15)7-6-12-28-18/h5,8-11,13,20H,6-7,12H2,1-4H3,(H,24,25). The summed E-state index contributed by atoms with van der Waals surface area (Å²) in [7, 11) is 1.29. The maximum atomic E-state index is 12.6. The third kappa shape index (κ3) is 4.59. The summed E-state index contributed by atoms with van der Waals surface area (Å²) in [5.41, 5.74) is 2.10. The first-order valence-electron chi connectivity index (χ1n) is 9.59. The Morgan fingerprint density at radius 3 is 2.59 bits per heavy atom. The predicted molar refractivity (Wildman–Crippen MR) is 108 cm³/mol. The fourth-order valence-electron chi connectivity index (χ4n) is 3.50. The zero-order valence-electron chi connectivity index (χ0n) is 17.2. The third-order valence-corrected chi connectivity index (χ3v) is 4.69. The first-order valence-corrected chi connectivity index (χ1v) is 9.59. The van der Waals surface area contributed by atoms with Crippen LogP contribution in [0.4, 0.5) is 0 Å². The molecule has 2 aromatic carbocycles. The van der Waals surface area contributed by atoms with Crippen molar-refractivity contribution < 1.29 is 28.9 Å². The molecule has 0 bridgehead atoms. The van der Waals surface area contributed by atoms with Crippen LogP contribution in [-0.2, 0) is 20.7 Å². The van der Waals surface area contributed by atoms with Gasteiger partial charge in [-0.1, -0.05) is 18.2 Å². The van der Waals surface area contributed by atoms with Crippen molar-refractivity contribution in [3.63, 3.8) is 0 Å². The van der Waals surface area contributed by atoms with Crippen molar-refractivity contribution in [2.24, 2.45) is 0 Å². The lowest BCUT2D eigenvalue weighted by molar-refractivity contribution is -0.164. The molecule has 0 spiro atoms. The largest absolute Gasteiger partial charge is 0.493 e. The van der Waals surface area contributed by atoms with Crippen LogP contribution in [0, 0.1) is 0 Å². The lowest BCUT2D eigenvalue weighted by Crippen LogP contribution is -2.29. The number of aromatic carboxylic acids is 1. The minimum absolute atomic E-state index is 0.102. The van der Waals surface area contributed by atoms with E-state index in [9.17, 15) is 14.7 Å². The zero-order valence-corrected chi connectivity index (χ0v) is 17.2. The lowest BCUT2D eigenvalue weighted by Gasteiger charge is -2.28. The summed E-state index contributed by atoms with van der Waals surface area (Å²) < 4.78 is 16.6. The molecule has 3 rings (SSSR count). The number of rotatable bonds is 5. The Morgan fingerprint density at radius 1 is 1.17 bits per heavy atom. The average Bonchev–Trinajstić information content (AvgIpc) is 2.69. The van der Waals surface area contributed by atoms with Crippen LogP contribution < -0.4 is 4.74 Å². The summed E-state index contributed by atoms with van der Waals surface area (Å²) in [6.45, 7) is 6.17. The molecule has 0 aromatic heterocycles. The highest BCUT2D eigenvalue weighted by Gasteiger charge is 2.32. The molecule has 0 fully saturated rings. The van der Waals surface area contributed by atoms with Crippen molar-refractivity contribution >= 4 is 11.9 Å². The molecule has 2 aromatic rings. The van der Waals surface area contributed by atoms with E-state index in [2.05, 4.69) is 0 Å². The number of benzene rings is 2. The molecule has 29 heavy (non-hydrogen) atoms. The van der Waals surface area contributed by atoms with Crippen molar-refractivity contribution in [2.45, 2.75) is 45.3 Å². The molecule has 154 valence electrons. The summed E-state index contributed by atoms with van der Waals surface area (Å²) in [6, 6.07) is 10.5. The van der Waals surface area contributed by atoms with Gasteiger partial charge in [0.15, 0.2) is 6.10 Å². The van der Waals surface area contributed by atoms with E-state index in [0.29, 0.717) is 23.3 Å². The highest BCUT2D eigenvalue weighted by molar-refractivity contribution is 5.98. The van der Waals surface area contributed by atoms with Crippen LogP contribution in [0.5, 0.6) is 5.75 Å². The van der Waals surface area contributed by atoms with Crippen molar-refractivity contribution in [1.29, 1.82) is 0 Å². The average molecular weight is 398 g/mol. The van der Waals surface area contributed by atoms with Crippen molar-refractivity contribution in [1.82, 2.24) is 0 Å². The van der Waals surface area contributed by atoms with Gasteiger partial charge in [0.05, 0.1) is 24.9 Å². The van der Waals surface area contributed by atoms with Crippen molar-refractivity contribution in [3.8, 4) is 16.9 Å². The zero-order chi connectivity index (χ0) is 21.2. The normalized spacial score (nSPS) is 14.5. The van der Waals surface area contributed by atoms with E-state index in [0.717, 1.165) is 24.2 Å². The number of esters is 1. The van der Waals surface area contributed by atoms with Gasteiger partial charge in [0.1, 0.15) is 5.75 Å². The van der Waals surface area contributed by atoms with Gasteiger partial charge in [-0.05, 0) is 62.9 Å². The van der Waals surface area contributed by atoms with Crippen LogP contribution in [0.25, 0.3) is 11.1 Å². The molecule has 0 amide bonds. The van der Waals surface area contributed by atoms with Gasteiger partial charge < -0.3 is 19.3 Å². The first-order chi connectivity index (χ1) is 13.7. The highest BCUT2D eigenvalue weighted by atomic mass is 16.6. The first kappa shape index (κ1) is 20.9. The Labute approximate surface area is 170 Å². The van der Waals surface area contributed by atoms with Crippen LogP contribution in [0.3, 0.4) is 0 Å². The van der Waals surface area contributed by atoms with Crippen LogP contribution in [0.1, 0.15) is 54.8 Å². The Kier molecular flexibility index (Phi) is 5.94. The fraction of sp³-hybridized carbons (Fsp3) is 0.391.